The largest absolute Gasteiger partial charge is 0.387 e. The maximum atomic E-state index is 10.2. The van der Waals surface area contributed by atoms with Gasteiger partial charge in [0.1, 0.15) is 0 Å². The van der Waals surface area contributed by atoms with E-state index >= 15 is 0 Å². The summed E-state index contributed by atoms with van der Waals surface area (Å²) in [6.07, 6.45) is -0.661. The van der Waals surface area contributed by atoms with Gasteiger partial charge in [-0.15, -0.1) is 0 Å². The van der Waals surface area contributed by atoms with Gasteiger partial charge in [0.15, 0.2) is 0 Å². The molecule has 3 nitrogen and oxygen atoms in total. The van der Waals surface area contributed by atoms with E-state index in [9.17, 15) is 5.11 Å². The molecule has 3 rings (SSSR count). The van der Waals surface area contributed by atoms with Crippen molar-refractivity contribution in [1.82, 2.24) is 4.98 Å². The number of rotatable bonds is 3. The lowest BCUT2D eigenvalue weighted by molar-refractivity contribution is 0.189. The number of aromatic nitrogens is 1. The monoisotopic (exact) mass is 252 g/mol. The second kappa shape index (κ2) is 4.88. The van der Waals surface area contributed by atoms with Crippen molar-refractivity contribution >= 4 is 10.9 Å². The van der Waals surface area contributed by atoms with Crippen molar-refractivity contribution in [3.05, 3.63) is 60.2 Å². The van der Waals surface area contributed by atoms with E-state index in [2.05, 4.69) is 4.98 Å². The summed E-state index contributed by atoms with van der Waals surface area (Å²) in [5.41, 5.74) is 9.53. The molecule has 0 aliphatic carbocycles. The van der Waals surface area contributed by atoms with E-state index < -0.39 is 6.10 Å². The first-order valence-corrected chi connectivity index (χ1v) is 6.35. The molecule has 1 aromatic heterocycles. The van der Waals surface area contributed by atoms with Crippen LogP contribution < -0.4 is 5.73 Å². The van der Waals surface area contributed by atoms with Gasteiger partial charge in [-0.25, -0.2) is 0 Å². The smallest absolute Gasteiger partial charge is 0.0939 e. The van der Waals surface area contributed by atoms with E-state index in [0.717, 1.165) is 27.7 Å². The van der Waals surface area contributed by atoms with Crippen LogP contribution in [0.2, 0.25) is 0 Å². The average molecular weight is 252 g/mol. The Kier molecular flexibility index (Phi) is 3.07. The molecule has 4 N–H and O–H groups in total. The molecule has 96 valence electrons. The average Bonchev–Trinajstić information content (AvgIpc) is 2.87. The third kappa shape index (κ3) is 2.03. The number of aromatic amines is 1. The molecule has 1 atom stereocenters. The molecule has 0 aliphatic rings. The van der Waals surface area contributed by atoms with Gasteiger partial charge in [0.05, 0.1) is 11.8 Å². The van der Waals surface area contributed by atoms with Crippen molar-refractivity contribution in [3.8, 4) is 11.3 Å². The quantitative estimate of drug-likeness (QED) is 0.671. The minimum absolute atomic E-state index is 0.210. The molecule has 0 aliphatic heterocycles. The first-order valence-electron chi connectivity index (χ1n) is 6.35. The number of para-hydroxylation sites is 1. The van der Waals surface area contributed by atoms with Crippen LogP contribution in [0.15, 0.2) is 54.6 Å². The Balaban J connectivity index is 2.29. The minimum Gasteiger partial charge on any atom is -0.387 e. The lowest BCUT2D eigenvalue weighted by atomic mass is 10.0. The van der Waals surface area contributed by atoms with Gasteiger partial charge in [-0.05, 0) is 11.6 Å². The summed E-state index contributed by atoms with van der Waals surface area (Å²) in [7, 11) is 0. The fourth-order valence-electron chi connectivity index (χ4n) is 2.46. The first kappa shape index (κ1) is 12.0. The van der Waals surface area contributed by atoms with Crippen LogP contribution in [0.25, 0.3) is 22.2 Å². The highest BCUT2D eigenvalue weighted by Crippen LogP contribution is 2.34. The Bertz CT molecular complexity index is 688. The zero-order chi connectivity index (χ0) is 13.2. The maximum absolute atomic E-state index is 10.2. The number of nitrogens with two attached hydrogens (primary N) is 1. The van der Waals surface area contributed by atoms with Crippen LogP contribution in [0.5, 0.6) is 0 Å². The second-order valence-electron chi connectivity index (χ2n) is 4.58. The standard InChI is InChI=1S/C16H16N2O/c17-10-14(19)15-12-8-4-5-9-13(12)18-16(15)11-6-2-1-3-7-11/h1-9,14,18-19H,10,17H2. The number of benzene rings is 2. The molecule has 2 aromatic carbocycles. The fourth-order valence-corrected chi connectivity index (χ4v) is 2.46. The molecule has 3 aromatic rings. The molecule has 0 saturated heterocycles. The van der Waals surface area contributed by atoms with Crippen molar-refractivity contribution in [1.29, 1.82) is 0 Å². The summed E-state index contributed by atoms with van der Waals surface area (Å²) in [4.78, 5) is 3.38. The predicted molar refractivity (Wildman–Crippen MR) is 77.7 cm³/mol. The van der Waals surface area contributed by atoms with Crippen LogP contribution >= 0.6 is 0 Å². The molecule has 0 fully saturated rings. The second-order valence-corrected chi connectivity index (χ2v) is 4.58. The topological polar surface area (TPSA) is 62.0 Å². The molecule has 1 unspecified atom stereocenters. The normalized spacial score (nSPS) is 12.7. The Morgan fingerprint density at radius 3 is 2.42 bits per heavy atom. The molecule has 3 heteroatoms. The molecule has 19 heavy (non-hydrogen) atoms. The van der Waals surface area contributed by atoms with Crippen LogP contribution in [-0.2, 0) is 0 Å². The number of hydrogen-bond donors (Lipinski definition) is 3. The number of aliphatic hydroxyl groups excluding tert-OH is 1. The van der Waals surface area contributed by atoms with Gasteiger partial charge in [-0.1, -0.05) is 48.5 Å². The summed E-state index contributed by atoms with van der Waals surface area (Å²) >= 11 is 0. The van der Waals surface area contributed by atoms with Gasteiger partial charge in [-0.2, -0.15) is 0 Å². The summed E-state index contributed by atoms with van der Waals surface area (Å²) in [5, 5.41) is 11.2. The molecule has 1 heterocycles. The van der Waals surface area contributed by atoms with Crippen LogP contribution in [0.4, 0.5) is 0 Å². The lowest BCUT2D eigenvalue weighted by Gasteiger charge is -2.10. The van der Waals surface area contributed by atoms with Crippen molar-refractivity contribution in [2.24, 2.45) is 5.73 Å². The highest BCUT2D eigenvalue weighted by atomic mass is 16.3. The molecule has 0 spiro atoms. The van der Waals surface area contributed by atoms with E-state index in [0.29, 0.717) is 0 Å². The molecule has 0 saturated carbocycles. The van der Waals surface area contributed by atoms with Crippen LogP contribution in [0, 0.1) is 0 Å². The van der Waals surface area contributed by atoms with E-state index in [1.165, 1.54) is 0 Å². The Morgan fingerprint density at radius 1 is 1.00 bits per heavy atom. The molecule has 0 radical (unpaired) electrons. The fraction of sp³-hybridized carbons (Fsp3) is 0.125. The molecular weight excluding hydrogens is 236 g/mol. The third-order valence-electron chi connectivity index (χ3n) is 3.37. The first-order chi connectivity index (χ1) is 9.31. The van der Waals surface area contributed by atoms with E-state index in [4.69, 9.17) is 5.73 Å². The van der Waals surface area contributed by atoms with Crippen molar-refractivity contribution in [2.75, 3.05) is 6.54 Å². The SMILES string of the molecule is NCC(O)c1c(-c2ccccc2)[nH]c2ccccc12. The van der Waals surface area contributed by atoms with Crippen LogP contribution in [-0.4, -0.2) is 16.6 Å². The Labute approximate surface area is 111 Å². The number of aliphatic hydroxyl groups is 1. The predicted octanol–water partition coefficient (Wildman–Crippen LogP) is 2.83. The zero-order valence-electron chi connectivity index (χ0n) is 10.5. The Hall–Kier alpha value is -2.10. The van der Waals surface area contributed by atoms with Crippen LogP contribution in [0.3, 0.4) is 0 Å². The van der Waals surface area contributed by atoms with Gasteiger partial charge < -0.3 is 15.8 Å². The Morgan fingerprint density at radius 2 is 1.68 bits per heavy atom. The highest BCUT2D eigenvalue weighted by molar-refractivity contribution is 5.91. The van der Waals surface area contributed by atoms with E-state index in [1.54, 1.807) is 0 Å². The van der Waals surface area contributed by atoms with Gasteiger partial charge in [0.2, 0.25) is 0 Å². The van der Waals surface area contributed by atoms with Gasteiger partial charge in [0, 0.05) is 23.0 Å². The van der Waals surface area contributed by atoms with E-state index in [-0.39, 0.29) is 6.54 Å². The summed E-state index contributed by atoms with van der Waals surface area (Å²) in [6, 6.07) is 18.0. The van der Waals surface area contributed by atoms with Gasteiger partial charge in [-0.3, -0.25) is 0 Å². The van der Waals surface area contributed by atoms with Gasteiger partial charge >= 0.3 is 0 Å². The summed E-state index contributed by atoms with van der Waals surface area (Å²) in [6.45, 7) is 0.210. The van der Waals surface area contributed by atoms with Crippen molar-refractivity contribution < 1.29 is 5.11 Å². The van der Waals surface area contributed by atoms with Crippen molar-refractivity contribution in [3.63, 3.8) is 0 Å². The molecule has 0 bridgehead atoms. The number of nitrogens with one attached hydrogen (secondary N) is 1. The van der Waals surface area contributed by atoms with E-state index in [1.807, 2.05) is 54.6 Å². The maximum Gasteiger partial charge on any atom is 0.0939 e. The summed E-state index contributed by atoms with van der Waals surface area (Å²) < 4.78 is 0. The number of hydrogen-bond acceptors (Lipinski definition) is 2. The van der Waals surface area contributed by atoms with Gasteiger partial charge in [0.25, 0.3) is 0 Å². The highest BCUT2D eigenvalue weighted by Gasteiger charge is 2.18. The number of fused-ring (bicyclic) bond motifs is 1. The molecular formula is C16H16N2O. The zero-order valence-corrected chi connectivity index (χ0v) is 10.5. The molecule has 0 amide bonds. The van der Waals surface area contributed by atoms with Crippen molar-refractivity contribution in [2.45, 2.75) is 6.10 Å². The van der Waals surface area contributed by atoms with Crippen LogP contribution in [0.1, 0.15) is 11.7 Å². The summed E-state index contributed by atoms with van der Waals surface area (Å²) in [5.74, 6) is 0. The third-order valence-corrected chi connectivity index (χ3v) is 3.37. The minimum atomic E-state index is -0.661. The lowest BCUT2D eigenvalue weighted by Crippen LogP contribution is -2.12. The number of H-pyrrole nitrogens is 1.